The van der Waals surface area contributed by atoms with Gasteiger partial charge in [0.15, 0.2) is 11.5 Å². The van der Waals surface area contributed by atoms with Gasteiger partial charge in [-0.25, -0.2) is 9.37 Å². The lowest BCUT2D eigenvalue weighted by Crippen LogP contribution is -2.25. The molecule has 5 nitrogen and oxygen atoms in total. The Morgan fingerprint density at radius 2 is 1.97 bits per heavy atom. The molecule has 0 saturated carbocycles. The van der Waals surface area contributed by atoms with Gasteiger partial charge in [0.1, 0.15) is 18.2 Å². The van der Waals surface area contributed by atoms with E-state index in [0.717, 1.165) is 33.4 Å². The summed E-state index contributed by atoms with van der Waals surface area (Å²) < 4.78 is 25.2. The average Bonchev–Trinajstić information content (AvgIpc) is 3.01. The second-order valence-electron chi connectivity index (χ2n) is 8.34. The first-order valence-corrected chi connectivity index (χ1v) is 10.9. The number of phenols is 1. The van der Waals surface area contributed by atoms with E-state index in [9.17, 15) is 9.50 Å². The molecule has 0 amide bonds. The Morgan fingerprint density at radius 1 is 1.12 bits per heavy atom. The fourth-order valence-corrected chi connectivity index (χ4v) is 4.43. The maximum atomic E-state index is 13.8. The summed E-state index contributed by atoms with van der Waals surface area (Å²) in [5.41, 5.74) is 5.02. The summed E-state index contributed by atoms with van der Waals surface area (Å²) in [6.07, 6.45) is 0. The van der Waals surface area contributed by atoms with E-state index in [4.69, 9.17) is 9.47 Å². The standard InChI is InChI=1S/C27H25FN2O3/c1-17-11-23(29-24-14-21(28)7-8-22(17)24)19-12-20-16-30(9-10-33-27(20)25(31)13-19)15-18-5-3-4-6-26(18)32-2/h3-8,11-14,31H,9-10,15-16H2,1-2H3. The van der Waals surface area contributed by atoms with Crippen LogP contribution < -0.4 is 9.47 Å². The number of nitrogens with zero attached hydrogens (tertiary/aromatic N) is 2. The van der Waals surface area contributed by atoms with E-state index in [1.54, 1.807) is 19.2 Å². The smallest absolute Gasteiger partial charge is 0.165 e. The average molecular weight is 445 g/mol. The third kappa shape index (κ3) is 4.22. The zero-order valence-electron chi connectivity index (χ0n) is 18.6. The molecule has 33 heavy (non-hydrogen) atoms. The number of halogens is 1. The molecule has 0 atom stereocenters. The molecule has 0 fully saturated rings. The Bertz CT molecular complexity index is 1340. The van der Waals surface area contributed by atoms with Gasteiger partial charge in [0.25, 0.3) is 0 Å². The van der Waals surface area contributed by atoms with E-state index >= 15 is 0 Å². The third-order valence-electron chi connectivity index (χ3n) is 6.06. The largest absolute Gasteiger partial charge is 0.504 e. The second kappa shape index (κ2) is 8.71. The first-order chi connectivity index (χ1) is 16.0. The van der Waals surface area contributed by atoms with Crippen LogP contribution >= 0.6 is 0 Å². The van der Waals surface area contributed by atoms with Gasteiger partial charge in [0, 0.05) is 47.8 Å². The van der Waals surface area contributed by atoms with Gasteiger partial charge >= 0.3 is 0 Å². The molecule has 168 valence electrons. The number of benzene rings is 3. The molecule has 0 spiro atoms. The molecule has 1 N–H and O–H groups in total. The first-order valence-electron chi connectivity index (χ1n) is 10.9. The van der Waals surface area contributed by atoms with E-state index in [-0.39, 0.29) is 11.6 Å². The maximum absolute atomic E-state index is 13.8. The van der Waals surface area contributed by atoms with Crippen LogP contribution in [-0.4, -0.2) is 35.3 Å². The van der Waals surface area contributed by atoms with Crippen molar-refractivity contribution in [2.75, 3.05) is 20.3 Å². The molecule has 0 bridgehead atoms. The monoisotopic (exact) mass is 444 g/mol. The summed E-state index contributed by atoms with van der Waals surface area (Å²) in [5.74, 6) is 1.12. The molecule has 0 aliphatic carbocycles. The summed E-state index contributed by atoms with van der Waals surface area (Å²) >= 11 is 0. The lowest BCUT2D eigenvalue weighted by atomic mass is 10.0. The normalized spacial score (nSPS) is 13.9. The van der Waals surface area contributed by atoms with Gasteiger partial charge in [0.05, 0.1) is 18.3 Å². The van der Waals surface area contributed by atoms with E-state index in [1.807, 2.05) is 37.3 Å². The van der Waals surface area contributed by atoms with Crippen molar-refractivity contribution in [3.63, 3.8) is 0 Å². The van der Waals surface area contributed by atoms with Crippen LogP contribution in [0.3, 0.4) is 0 Å². The fraction of sp³-hybridized carbons (Fsp3) is 0.222. The highest BCUT2D eigenvalue weighted by molar-refractivity contribution is 5.85. The van der Waals surface area contributed by atoms with Crippen LogP contribution in [0, 0.1) is 12.7 Å². The minimum atomic E-state index is -0.322. The van der Waals surface area contributed by atoms with Crippen molar-refractivity contribution in [2.45, 2.75) is 20.0 Å². The molecule has 3 aromatic carbocycles. The van der Waals surface area contributed by atoms with Gasteiger partial charge in [-0.15, -0.1) is 0 Å². The summed E-state index contributed by atoms with van der Waals surface area (Å²) in [4.78, 5) is 6.93. The van der Waals surface area contributed by atoms with Crippen molar-refractivity contribution in [2.24, 2.45) is 0 Å². The molecule has 0 unspecified atom stereocenters. The van der Waals surface area contributed by atoms with Gasteiger partial charge in [-0.05, 0) is 48.9 Å². The van der Waals surface area contributed by atoms with E-state index in [1.165, 1.54) is 12.1 Å². The van der Waals surface area contributed by atoms with Gasteiger partial charge in [0.2, 0.25) is 0 Å². The van der Waals surface area contributed by atoms with Crippen molar-refractivity contribution in [3.8, 4) is 28.5 Å². The summed E-state index contributed by atoms with van der Waals surface area (Å²) in [5, 5.41) is 11.7. The number of methoxy groups -OCH3 is 1. The predicted molar refractivity (Wildman–Crippen MR) is 126 cm³/mol. The lowest BCUT2D eigenvalue weighted by molar-refractivity contribution is 0.215. The van der Waals surface area contributed by atoms with Gasteiger partial charge in [-0.1, -0.05) is 18.2 Å². The van der Waals surface area contributed by atoms with Crippen molar-refractivity contribution in [1.29, 1.82) is 0 Å². The number of ether oxygens (including phenoxy) is 2. The molecule has 4 aromatic rings. The molecule has 1 aliphatic heterocycles. The van der Waals surface area contributed by atoms with Crippen molar-refractivity contribution < 1.29 is 19.0 Å². The van der Waals surface area contributed by atoms with Crippen molar-refractivity contribution in [1.82, 2.24) is 9.88 Å². The van der Waals surface area contributed by atoms with Gasteiger partial charge < -0.3 is 14.6 Å². The number of rotatable bonds is 4. The summed E-state index contributed by atoms with van der Waals surface area (Å²) in [6.45, 7) is 4.48. The van der Waals surface area contributed by atoms with E-state index < -0.39 is 0 Å². The number of pyridine rings is 1. The lowest BCUT2D eigenvalue weighted by Gasteiger charge is -2.21. The minimum absolute atomic E-state index is 0.0837. The number of aromatic nitrogens is 1. The Kier molecular flexibility index (Phi) is 5.60. The van der Waals surface area contributed by atoms with Crippen molar-refractivity contribution >= 4 is 10.9 Å². The maximum Gasteiger partial charge on any atom is 0.165 e. The second-order valence-corrected chi connectivity index (χ2v) is 8.34. The van der Waals surface area contributed by atoms with Crippen LogP contribution in [0.15, 0.2) is 60.7 Å². The Balaban J connectivity index is 1.51. The SMILES string of the molecule is COc1ccccc1CN1CCOc2c(O)cc(-c3cc(C)c4ccc(F)cc4n3)cc2C1. The van der Waals surface area contributed by atoms with Crippen LogP contribution in [0.5, 0.6) is 17.2 Å². The highest BCUT2D eigenvalue weighted by Gasteiger charge is 2.21. The molecule has 0 radical (unpaired) electrons. The topological polar surface area (TPSA) is 54.8 Å². The molecule has 6 heteroatoms. The number of hydrogen-bond donors (Lipinski definition) is 1. The highest BCUT2D eigenvalue weighted by Crippen LogP contribution is 2.38. The molecule has 2 heterocycles. The first kappa shape index (κ1) is 21.2. The number of fused-ring (bicyclic) bond motifs is 2. The van der Waals surface area contributed by atoms with Crippen LogP contribution in [0.1, 0.15) is 16.7 Å². The highest BCUT2D eigenvalue weighted by atomic mass is 19.1. The van der Waals surface area contributed by atoms with Crippen LogP contribution in [0.25, 0.3) is 22.2 Å². The summed E-state index contributed by atoms with van der Waals surface area (Å²) in [6, 6.07) is 18.2. The van der Waals surface area contributed by atoms with E-state index in [2.05, 4.69) is 16.0 Å². The molecule has 0 saturated heterocycles. The Morgan fingerprint density at radius 3 is 2.82 bits per heavy atom. The molecule has 1 aromatic heterocycles. The van der Waals surface area contributed by atoms with E-state index in [0.29, 0.717) is 43.2 Å². The number of phenolic OH excluding ortho intramolecular Hbond substituents is 1. The quantitative estimate of drug-likeness (QED) is 0.453. The number of aromatic hydroxyl groups is 1. The van der Waals surface area contributed by atoms with Crippen molar-refractivity contribution in [3.05, 3.63) is 83.2 Å². The van der Waals surface area contributed by atoms with Gasteiger partial charge in [-0.2, -0.15) is 0 Å². The van der Waals surface area contributed by atoms with Crippen LogP contribution in [-0.2, 0) is 13.1 Å². The van der Waals surface area contributed by atoms with Crippen LogP contribution in [0.2, 0.25) is 0 Å². The minimum Gasteiger partial charge on any atom is -0.504 e. The third-order valence-corrected chi connectivity index (χ3v) is 6.06. The molecular formula is C27H25FN2O3. The number of aryl methyl sites for hydroxylation is 1. The number of hydrogen-bond acceptors (Lipinski definition) is 5. The zero-order chi connectivity index (χ0) is 22.9. The summed E-state index contributed by atoms with van der Waals surface area (Å²) in [7, 11) is 1.68. The number of para-hydroxylation sites is 1. The van der Waals surface area contributed by atoms with Crippen LogP contribution in [0.4, 0.5) is 4.39 Å². The molecular weight excluding hydrogens is 419 g/mol. The zero-order valence-corrected chi connectivity index (χ0v) is 18.6. The molecule has 1 aliphatic rings. The molecule has 5 rings (SSSR count). The Hall–Kier alpha value is -3.64. The predicted octanol–water partition coefficient (Wildman–Crippen LogP) is 5.46. The van der Waals surface area contributed by atoms with Gasteiger partial charge in [-0.3, -0.25) is 4.90 Å². The Labute approximate surface area is 192 Å². The fourth-order valence-electron chi connectivity index (χ4n) is 4.43.